The van der Waals surface area contributed by atoms with E-state index in [1.54, 1.807) is 10.8 Å². The summed E-state index contributed by atoms with van der Waals surface area (Å²) in [5.74, 6) is 0.176. The van der Waals surface area contributed by atoms with Crippen LogP contribution in [-0.2, 0) is 4.74 Å². The molecule has 0 aliphatic carbocycles. The normalized spacial score (nSPS) is 17.9. The quantitative estimate of drug-likeness (QED) is 0.749. The zero-order chi connectivity index (χ0) is 16.0. The number of fused-ring (bicyclic) bond motifs is 1. The van der Waals surface area contributed by atoms with Crippen molar-refractivity contribution in [2.24, 2.45) is 0 Å². The van der Waals surface area contributed by atoms with Gasteiger partial charge in [-0.25, -0.2) is 4.98 Å². The molecule has 0 bridgehead atoms. The molecule has 4 heterocycles. The number of nitrogen functional groups attached to an aromatic ring is 1. The molecule has 3 N–H and O–H groups in total. The SMILES string of the molecule is Cc1nc(N)nc2c1cc(-c1ccc[nH]1)c(=O)n2C1CCOC1. The Morgan fingerprint density at radius 1 is 1.43 bits per heavy atom. The van der Waals surface area contributed by atoms with E-state index in [2.05, 4.69) is 15.0 Å². The van der Waals surface area contributed by atoms with Gasteiger partial charge in [0.15, 0.2) is 0 Å². The largest absolute Gasteiger partial charge is 0.379 e. The maximum Gasteiger partial charge on any atom is 0.261 e. The predicted octanol–water partition coefficient (Wildman–Crippen LogP) is 1.64. The summed E-state index contributed by atoms with van der Waals surface area (Å²) in [4.78, 5) is 24.7. The third-order valence-electron chi connectivity index (χ3n) is 4.26. The highest BCUT2D eigenvalue weighted by molar-refractivity contribution is 5.83. The van der Waals surface area contributed by atoms with E-state index in [0.717, 1.165) is 23.2 Å². The molecule has 7 nitrogen and oxygen atoms in total. The Balaban J connectivity index is 2.10. The van der Waals surface area contributed by atoms with Gasteiger partial charge in [0.25, 0.3) is 5.56 Å². The van der Waals surface area contributed by atoms with Crippen molar-refractivity contribution in [2.45, 2.75) is 19.4 Å². The molecule has 0 aromatic carbocycles. The number of hydrogen-bond donors (Lipinski definition) is 2. The standard InChI is InChI=1S/C16H17N5O2/c1-9-11-7-12(13-3-2-5-18-13)15(22)21(10-4-6-23-8-10)14(11)20-16(17)19-9/h2-3,5,7,10,18H,4,6,8H2,1H3,(H2,17,19,20). The smallest absolute Gasteiger partial charge is 0.261 e. The second kappa shape index (κ2) is 5.20. The molecule has 4 rings (SSSR count). The number of nitrogens with zero attached hydrogens (tertiary/aromatic N) is 3. The fourth-order valence-corrected chi connectivity index (χ4v) is 3.13. The van der Waals surface area contributed by atoms with Crippen LogP contribution in [0.1, 0.15) is 18.2 Å². The van der Waals surface area contributed by atoms with Crippen LogP contribution in [0.3, 0.4) is 0 Å². The van der Waals surface area contributed by atoms with Crippen LogP contribution in [0.5, 0.6) is 0 Å². The number of nitrogens with two attached hydrogens (primary N) is 1. The van der Waals surface area contributed by atoms with E-state index in [4.69, 9.17) is 10.5 Å². The Kier molecular flexibility index (Phi) is 3.16. The molecular weight excluding hydrogens is 294 g/mol. The minimum atomic E-state index is -0.0899. The first-order valence-electron chi connectivity index (χ1n) is 7.56. The van der Waals surface area contributed by atoms with Crippen LogP contribution < -0.4 is 11.3 Å². The van der Waals surface area contributed by atoms with Gasteiger partial charge in [0.05, 0.1) is 29.6 Å². The number of aromatic amines is 1. The predicted molar refractivity (Wildman–Crippen MR) is 87.2 cm³/mol. The van der Waals surface area contributed by atoms with Crippen molar-refractivity contribution in [1.29, 1.82) is 0 Å². The van der Waals surface area contributed by atoms with Crippen LogP contribution in [-0.4, -0.2) is 32.7 Å². The topological polar surface area (TPSA) is 98.8 Å². The molecule has 3 aromatic heterocycles. The molecule has 7 heteroatoms. The van der Waals surface area contributed by atoms with Crippen LogP contribution in [0.25, 0.3) is 22.3 Å². The van der Waals surface area contributed by atoms with Gasteiger partial charge in [-0.3, -0.25) is 9.36 Å². The molecule has 1 fully saturated rings. The Bertz CT molecular complexity index is 924. The van der Waals surface area contributed by atoms with Crippen LogP contribution in [0, 0.1) is 6.92 Å². The molecule has 0 radical (unpaired) electrons. The lowest BCUT2D eigenvalue weighted by atomic mass is 10.1. The van der Waals surface area contributed by atoms with E-state index in [0.29, 0.717) is 24.4 Å². The number of pyridine rings is 1. The zero-order valence-electron chi connectivity index (χ0n) is 12.7. The maximum absolute atomic E-state index is 13.1. The highest BCUT2D eigenvalue weighted by Crippen LogP contribution is 2.26. The number of nitrogens with one attached hydrogen (secondary N) is 1. The van der Waals surface area contributed by atoms with Gasteiger partial charge >= 0.3 is 0 Å². The average Bonchev–Trinajstić information content (AvgIpc) is 3.20. The maximum atomic E-state index is 13.1. The van der Waals surface area contributed by atoms with Crippen LogP contribution in [0.2, 0.25) is 0 Å². The molecule has 0 spiro atoms. The number of H-pyrrole nitrogens is 1. The lowest BCUT2D eigenvalue weighted by Crippen LogP contribution is -2.28. The lowest BCUT2D eigenvalue weighted by molar-refractivity contribution is 0.186. The summed E-state index contributed by atoms with van der Waals surface area (Å²) in [5.41, 5.74) is 8.42. The average molecular weight is 311 g/mol. The molecule has 1 unspecified atom stereocenters. The monoisotopic (exact) mass is 311 g/mol. The molecule has 3 aromatic rings. The van der Waals surface area contributed by atoms with Crippen molar-refractivity contribution in [3.63, 3.8) is 0 Å². The number of anilines is 1. The van der Waals surface area contributed by atoms with Gasteiger partial charge in [-0.15, -0.1) is 0 Å². The minimum Gasteiger partial charge on any atom is -0.379 e. The van der Waals surface area contributed by atoms with Gasteiger partial charge in [0.1, 0.15) is 5.65 Å². The Morgan fingerprint density at radius 3 is 3.00 bits per heavy atom. The molecule has 1 aliphatic heterocycles. The summed E-state index contributed by atoms with van der Waals surface area (Å²) in [7, 11) is 0. The first-order valence-corrected chi connectivity index (χ1v) is 7.56. The molecular formula is C16H17N5O2. The summed E-state index contributed by atoms with van der Waals surface area (Å²) in [5, 5.41) is 0.829. The Hall–Kier alpha value is -2.67. The molecule has 0 amide bonds. The molecule has 1 aliphatic rings. The van der Waals surface area contributed by atoms with Crippen molar-refractivity contribution in [2.75, 3.05) is 18.9 Å². The van der Waals surface area contributed by atoms with E-state index in [-0.39, 0.29) is 17.5 Å². The summed E-state index contributed by atoms with van der Waals surface area (Å²) >= 11 is 0. The summed E-state index contributed by atoms with van der Waals surface area (Å²) in [6.07, 6.45) is 2.58. The summed E-state index contributed by atoms with van der Waals surface area (Å²) < 4.78 is 7.18. The first kappa shape index (κ1) is 14.0. The molecule has 1 saturated heterocycles. The molecule has 23 heavy (non-hydrogen) atoms. The Morgan fingerprint density at radius 2 is 2.30 bits per heavy atom. The third-order valence-corrected chi connectivity index (χ3v) is 4.26. The third kappa shape index (κ3) is 2.20. The number of aromatic nitrogens is 4. The van der Waals surface area contributed by atoms with Crippen LogP contribution >= 0.6 is 0 Å². The van der Waals surface area contributed by atoms with Gasteiger partial charge < -0.3 is 15.5 Å². The molecule has 0 saturated carbocycles. The van der Waals surface area contributed by atoms with E-state index >= 15 is 0 Å². The van der Waals surface area contributed by atoms with E-state index in [1.807, 2.05) is 25.1 Å². The van der Waals surface area contributed by atoms with E-state index in [1.165, 1.54) is 0 Å². The van der Waals surface area contributed by atoms with Crippen molar-refractivity contribution in [3.8, 4) is 11.3 Å². The van der Waals surface area contributed by atoms with Gasteiger partial charge in [0, 0.05) is 18.2 Å². The van der Waals surface area contributed by atoms with Crippen molar-refractivity contribution in [1.82, 2.24) is 19.5 Å². The molecule has 118 valence electrons. The number of hydrogen-bond acceptors (Lipinski definition) is 5. The second-order valence-corrected chi connectivity index (χ2v) is 5.74. The highest BCUT2D eigenvalue weighted by Gasteiger charge is 2.24. The van der Waals surface area contributed by atoms with Crippen LogP contribution in [0.15, 0.2) is 29.2 Å². The summed E-state index contributed by atoms with van der Waals surface area (Å²) in [6, 6.07) is 5.55. The Labute approximate surface area is 132 Å². The zero-order valence-corrected chi connectivity index (χ0v) is 12.7. The van der Waals surface area contributed by atoms with Crippen molar-refractivity contribution >= 4 is 17.0 Å². The lowest BCUT2D eigenvalue weighted by Gasteiger charge is -2.17. The molecule has 1 atom stereocenters. The second-order valence-electron chi connectivity index (χ2n) is 5.74. The number of aryl methyl sites for hydroxylation is 1. The fourth-order valence-electron chi connectivity index (χ4n) is 3.13. The highest BCUT2D eigenvalue weighted by atomic mass is 16.5. The van der Waals surface area contributed by atoms with Gasteiger partial charge in [-0.05, 0) is 31.5 Å². The first-order chi connectivity index (χ1) is 11.1. The minimum absolute atomic E-state index is 0.0337. The van der Waals surface area contributed by atoms with Crippen molar-refractivity contribution < 1.29 is 4.74 Å². The van der Waals surface area contributed by atoms with E-state index < -0.39 is 0 Å². The van der Waals surface area contributed by atoms with Crippen LogP contribution in [0.4, 0.5) is 5.95 Å². The van der Waals surface area contributed by atoms with Crippen molar-refractivity contribution in [3.05, 3.63) is 40.4 Å². The fraction of sp³-hybridized carbons (Fsp3) is 0.312. The number of ether oxygens (including phenoxy) is 1. The summed E-state index contributed by atoms with van der Waals surface area (Å²) in [6.45, 7) is 3.02. The number of rotatable bonds is 2. The van der Waals surface area contributed by atoms with Gasteiger partial charge in [-0.1, -0.05) is 0 Å². The van der Waals surface area contributed by atoms with Gasteiger partial charge in [0.2, 0.25) is 5.95 Å². The van der Waals surface area contributed by atoms with E-state index in [9.17, 15) is 4.79 Å². The van der Waals surface area contributed by atoms with Gasteiger partial charge in [-0.2, -0.15) is 4.98 Å².